The lowest BCUT2D eigenvalue weighted by Gasteiger charge is -2.43. The zero-order valence-corrected chi connectivity index (χ0v) is 14.8. The van der Waals surface area contributed by atoms with Crippen LogP contribution in [0, 0.1) is 11.3 Å². The Morgan fingerprint density at radius 1 is 1.20 bits per heavy atom. The summed E-state index contributed by atoms with van der Waals surface area (Å²) in [7, 11) is 2.14. The molecule has 2 aliphatic rings. The maximum absolute atomic E-state index is 5.75. The first-order valence-electron chi connectivity index (χ1n) is 8.42. The Morgan fingerprint density at radius 3 is 2.50 bits per heavy atom. The van der Waals surface area contributed by atoms with Gasteiger partial charge >= 0.3 is 0 Å². The van der Waals surface area contributed by atoms with E-state index in [0.717, 1.165) is 17.8 Å². The predicted octanol–water partition coefficient (Wildman–Crippen LogP) is 4.09. The number of ether oxygens (including phenoxy) is 1. The SMILES string of the molecule is CCC(C)(C)C1CCC(NC)C(SC2CCOC2C)C1. The second-order valence-electron chi connectivity index (χ2n) is 7.32. The minimum absolute atomic E-state index is 0.442. The number of rotatable bonds is 5. The van der Waals surface area contributed by atoms with E-state index in [-0.39, 0.29) is 0 Å². The minimum Gasteiger partial charge on any atom is -0.377 e. The van der Waals surface area contributed by atoms with Crippen LogP contribution in [-0.4, -0.2) is 36.3 Å². The van der Waals surface area contributed by atoms with Crippen molar-refractivity contribution in [1.29, 1.82) is 0 Å². The molecule has 1 aliphatic carbocycles. The summed E-state index contributed by atoms with van der Waals surface area (Å²) in [5.74, 6) is 0.882. The Balaban J connectivity index is 1.99. The van der Waals surface area contributed by atoms with E-state index in [4.69, 9.17) is 4.74 Å². The van der Waals surface area contributed by atoms with E-state index in [1.54, 1.807) is 0 Å². The molecule has 2 nitrogen and oxygen atoms in total. The Kier molecular flexibility index (Phi) is 5.84. The van der Waals surface area contributed by atoms with Gasteiger partial charge in [-0.25, -0.2) is 0 Å². The molecule has 5 unspecified atom stereocenters. The molecule has 1 saturated heterocycles. The van der Waals surface area contributed by atoms with E-state index < -0.39 is 0 Å². The first-order chi connectivity index (χ1) is 9.47. The first kappa shape index (κ1) is 16.6. The zero-order chi connectivity index (χ0) is 14.8. The average molecular weight is 300 g/mol. The van der Waals surface area contributed by atoms with Gasteiger partial charge in [0.15, 0.2) is 0 Å². The van der Waals surface area contributed by atoms with E-state index in [0.29, 0.717) is 22.8 Å². The summed E-state index contributed by atoms with van der Waals surface area (Å²) >= 11 is 2.21. The molecule has 0 bridgehead atoms. The maximum atomic E-state index is 5.75. The molecule has 5 atom stereocenters. The van der Waals surface area contributed by atoms with Crippen molar-refractivity contribution in [1.82, 2.24) is 5.32 Å². The molecule has 2 rings (SSSR count). The van der Waals surface area contributed by atoms with Crippen LogP contribution in [0.15, 0.2) is 0 Å². The molecule has 2 fully saturated rings. The van der Waals surface area contributed by atoms with Gasteiger partial charge in [0.2, 0.25) is 0 Å². The number of thioether (sulfide) groups is 1. The van der Waals surface area contributed by atoms with Gasteiger partial charge in [-0.1, -0.05) is 27.2 Å². The van der Waals surface area contributed by atoms with Crippen LogP contribution < -0.4 is 5.32 Å². The van der Waals surface area contributed by atoms with Crippen LogP contribution in [-0.2, 0) is 4.74 Å². The molecule has 0 amide bonds. The largest absolute Gasteiger partial charge is 0.377 e. The molecule has 1 saturated carbocycles. The van der Waals surface area contributed by atoms with Crippen LogP contribution in [0.1, 0.15) is 59.8 Å². The standard InChI is InChI=1S/C17H33NOS/c1-6-17(3,4)13-7-8-14(18-5)16(11-13)20-15-9-10-19-12(15)2/h12-16,18H,6-11H2,1-5H3. The summed E-state index contributed by atoms with van der Waals surface area (Å²) in [6.07, 6.45) is 7.07. The van der Waals surface area contributed by atoms with E-state index in [1.807, 2.05) is 0 Å². The van der Waals surface area contributed by atoms with Crippen molar-refractivity contribution in [3.8, 4) is 0 Å². The highest BCUT2D eigenvalue weighted by Crippen LogP contribution is 2.45. The molecule has 118 valence electrons. The second kappa shape index (κ2) is 7.02. The first-order valence-corrected chi connectivity index (χ1v) is 9.36. The summed E-state index contributed by atoms with van der Waals surface area (Å²) in [6.45, 7) is 10.5. The summed E-state index contributed by atoms with van der Waals surface area (Å²) < 4.78 is 5.75. The fourth-order valence-corrected chi connectivity index (χ4v) is 5.51. The molecule has 3 heteroatoms. The molecule has 20 heavy (non-hydrogen) atoms. The normalized spacial score (nSPS) is 39.1. The van der Waals surface area contributed by atoms with E-state index >= 15 is 0 Å². The quantitative estimate of drug-likeness (QED) is 0.826. The van der Waals surface area contributed by atoms with Gasteiger partial charge in [0.1, 0.15) is 0 Å². The van der Waals surface area contributed by atoms with Crippen molar-refractivity contribution in [2.24, 2.45) is 11.3 Å². The molecule has 0 aromatic heterocycles. The molecular weight excluding hydrogens is 266 g/mol. The lowest BCUT2D eigenvalue weighted by Crippen LogP contribution is -2.44. The topological polar surface area (TPSA) is 21.3 Å². The molecule has 0 radical (unpaired) electrons. The van der Waals surface area contributed by atoms with Crippen LogP contribution >= 0.6 is 11.8 Å². The summed E-state index contributed by atoms with van der Waals surface area (Å²) in [4.78, 5) is 0. The fraction of sp³-hybridized carbons (Fsp3) is 1.00. The van der Waals surface area contributed by atoms with Gasteiger partial charge in [-0.2, -0.15) is 11.8 Å². The van der Waals surface area contributed by atoms with Crippen molar-refractivity contribution >= 4 is 11.8 Å². The molecule has 1 aliphatic heterocycles. The van der Waals surface area contributed by atoms with Gasteiger partial charge in [-0.3, -0.25) is 0 Å². The third kappa shape index (κ3) is 3.72. The van der Waals surface area contributed by atoms with Crippen LogP contribution in [0.5, 0.6) is 0 Å². The second-order valence-corrected chi connectivity index (χ2v) is 8.81. The lowest BCUT2D eigenvalue weighted by atomic mass is 9.68. The zero-order valence-electron chi connectivity index (χ0n) is 13.9. The monoisotopic (exact) mass is 299 g/mol. The maximum Gasteiger partial charge on any atom is 0.0666 e. The summed E-state index contributed by atoms with van der Waals surface area (Å²) in [5.41, 5.74) is 0.495. The van der Waals surface area contributed by atoms with Crippen molar-refractivity contribution in [2.45, 2.75) is 82.4 Å². The molecule has 0 aromatic carbocycles. The average Bonchev–Trinajstić information content (AvgIpc) is 2.84. The summed E-state index contributed by atoms with van der Waals surface area (Å²) in [6, 6.07) is 0.691. The Morgan fingerprint density at radius 2 is 1.95 bits per heavy atom. The molecular formula is C17H33NOS. The van der Waals surface area contributed by atoms with Gasteiger partial charge in [0.25, 0.3) is 0 Å². The lowest BCUT2D eigenvalue weighted by molar-refractivity contribution is 0.126. The highest BCUT2D eigenvalue weighted by molar-refractivity contribution is 8.00. The van der Waals surface area contributed by atoms with E-state index in [2.05, 4.69) is 51.8 Å². The third-order valence-corrected chi connectivity index (χ3v) is 7.67. The van der Waals surface area contributed by atoms with E-state index in [1.165, 1.54) is 32.1 Å². The van der Waals surface area contributed by atoms with Crippen LogP contribution in [0.25, 0.3) is 0 Å². The van der Waals surface area contributed by atoms with Gasteiger partial charge in [0, 0.05) is 23.1 Å². The van der Waals surface area contributed by atoms with Crippen molar-refractivity contribution < 1.29 is 4.74 Å². The van der Waals surface area contributed by atoms with Crippen molar-refractivity contribution in [2.75, 3.05) is 13.7 Å². The highest BCUT2D eigenvalue weighted by atomic mass is 32.2. The van der Waals surface area contributed by atoms with Crippen LogP contribution in [0.4, 0.5) is 0 Å². The van der Waals surface area contributed by atoms with Crippen molar-refractivity contribution in [3.63, 3.8) is 0 Å². The van der Waals surface area contributed by atoms with Gasteiger partial charge < -0.3 is 10.1 Å². The fourth-order valence-electron chi connectivity index (χ4n) is 3.72. The number of hydrogen-bond acceptors (Lipinski definition) is 3. The van der Waals surface area contributed by atoms with E-state index in [9.17, 15) is 0 Å². The van der Waals surface area contributed by atoms with Crippen LogP contribution in [0.2, 0.25) is 0 Å². The predicted molar refractivity (Wildman–Crippen MR) is 89.5 cm³/mol. The third-order valence-electron chi connectivity index (χ3n) is 5.84. The van der Waals surface area contributed by atoms with Gasteiger partial charge in [-0.15, -0.1) is 0 Å². The van der Waals surface area contributed by atoms with Crippen molar-refractivity contribution in [3.05, 3.63) is 0 Å². The highest BCUT2D eigenvalue weighted by Gasteiger charge is 2.39. The van der Waals surface area contributed by atoms with Gasteiger partial charge in [0.05, 0.1) is 6.10 Å². The Bertz CT molecular complexity index is 307. The van der Waals surface area contributed by atoms with Gasteiger partial charge in [-0.05, 0) is 51.0 Å². The smallest absolute Gasteiger partial charge is 0.0666 e. The molecule has 1 heterocycles. The molecule has 0 spiro atoms. The Labute approximate surface area is 129 Å². The Hall–Kier alpha value is 0.270. The minimum atomic E-state index is 0.442. The van der Waals surface area contributed by atoms with Crippen LogP contribution in [0.3, 0.4) is 0 Å². The number of nitrogens with one attached hydrogen (secondary N) is 1. The molecule has 0 aromatic rings. The molecule has 1 N–H and O–H groups in total. The summed E-state index contributed by atoms with van der Waals surface area (Å²) in [5, 5.41) is 5.04. The number of hydrogen-bond donors (Lipinski definition) is 1.